The van der Waals surface area contributed by atoms with E-state index >= 15 is 0 Å². The minimum Gasteiger partial charge on any atom is -0.463 e. The van der Waals surface area contributed by atoms with Gasteiger partial charge in [-0.1, -0.05) is 5.21 Å². The number of nitrogens with zero attached hydrogens (tertiary/aromatic N) is 3. The predicted molar refractivity (Wildman–Crippen MR) is 202 cm³/mol. The largest absolute Gasteiger partial charge is 0.463 e. The molecule has 21 heteroatoms. The predicted octanol–water partition coefficient (Wildman–Crippen LogP) is 0.744. The van der Waals surface area contributed by atoms with Gasteiger partial charge < -0.3 is 58.6 Å². The first-order valence-corrected chi connectivity index (χ1v) is 19.4. The Labute approximate surface area is 339 Å². The molecule has 0 saturated carbocycles. The first-order chi connectivity index (χ1) is 27.5. The van der Waals surface area contributed by atoms with E-state index < -0.39 is 66.2 Å². The van der Waals surface area contributed by atoms with E-state index in [1.165, 1.54) is 20.8 Å². The van der Waals surface area contributed by atoms with Crippen LogP contribution in [0, 0.1) is 0 Å². The maximum atomic E-state index is 12.3. The van der Waals surface area contributed by atoms with Crippen molar-refractivity contribution in [3.8, 4) is 0 Å². The molecule has 1 fully saturated rings. The van der Waals surface area contributed by atoms with Gasteiger partial charge in [-0.3, -0.25) is 28.7 Å². The molecule has 1 aliphatic rings. The standard InChI is InChI=1S/C37H62N6O15/c1-25(44)40-32-34(56-28(4)47)33(55-27(3)46)30(24-54-26(2)45)57-35(32)53-18-10-15-43-23-29(41-42-43)11-12-31(48)38-13-8-16-50-19-21-52-22-20-51-17-9-14-39-36(49)58-37(5,6)7/h23,30,32-35H,8-22,24H2,1-7H3,(H,38,48)(H,39,49)(H,40,44)/t30-,32-,33-,34-,35-/m1/s1. The Morgan fingerprint density at radius 2 is 1.38 bits per heavy atom. The van der Waals surface area contributed by atoms with E-state index in [4.69, 9.17) is 42.6 Å². The van der Waals surface area contributed by atoms with E-state index in [0.717, 1.165) is 6.92 Å². The number of rotatable bonds is 27. The number of carbonyl (C=O) groups excluding carboxylic acids is 6. The number of aryl methyl sites for hydroxylation is 2. The van der Waals surface area contributed by atoms with Gasteiger partial charge in [0.15, 0.2) is 18.5 Å². The summed E-state index contributed by atoms with van der Waals surface area (Å²) >= 11 is 0. The van der Waals surface area contributed by atoms with E-state index in [0.29, 0.717) is 90.7 Å². The van der Waals surface area contributed by atoms with Gasteiger partial charge in [-0.05, 0) is 40.0 Å². The molecule has 1 aliphatic heterocycles. The number of alkyl carbamates (subject to hydrolysis) is 1. The highest BCUT2D eigenvalue weighted by atomic mass is 16.7. The molecular weight excluding hydrogens is 768 g/mol. The second-order valence-electron chi connectivity index (χ2n) is 14.2. The first kappa shape index (κ1) is 49.7. The normalized spacial score (nSPS) is 19.1. The molecule has 21 nitrogen and oxygen atoms in total. The van der Waals surface area contributed by atoms with Crippen LogP contribution in [0.4, 0.5) is 4.79 Å². The summed E-state index contributed by atoms with van der Waals surface area (Å²) in [5, 5.41) is 16.4. The number of amides is 3. The fraction of sp³-hybridized carbons (Fsp3) is 0.784. The van der Waals surface area contributed by atoms with Gasteiger partial charge in [-0.15, -0.1) is 5.10 Å². The zero-order chi connectivity index (χ0) is 42.9. The smallest absolute Gasteiger partial charge is 0.407 e. The number of ether oxygens (including phenoxy) is 9. The van der Waals surface area contributed by atoms with Gasteiger partial charge in [-0.25, -0.2) is 4.79 Å². The van der Waals surface area contributed by atoms with E-state index in [2.05, 4.69) is 26.3 Å². The van der Waals surface area contributed by atoms with Crippen molar-refractivity contribution in [2.24, 2.45) is 0 Å². The van der Waals surface area contributed by atoms with Crippen LogP contribution in [0.1, 0.15) is 79.8 Å². The molecule has 0 radical (unpaired) electrons. The highest BCUT2D eigenvalue weighted by molar-refractivity contribution is 5.76. The molecule has 1 saturated heterocycles. The topological polar surface area (TPSA) is 252 Å². The average molecular weight is 831 g/mol. The van der Waals surface area contributed by atoms with Crippen molar-refractivity contribution in [1.82, 2.24) is 30.9 Å². The maximum absolute atomic E-state index is 12.3. The van der Waals surface area contributed by atoms with Crippen LogP contribution in [-0.2, 0) is 79.6 Å². The van der Waals surface area contributed by atoms with Crippen LogP contribution in [0.2, 0.25) is 0 Å². The molecule has 330 valence electrons. The highest BCUT2D eigenvalue weighted by Gasteiger charge is 2.51. The Morgan fingerprint density at radius 3 is 1.97 bits per heavy atom. The van der Waals surface area contributed by atoms with Crippen molar-refractivity contribution in [2.75, 3.05) is 65.9 Å². The Kier molecular flexibility index (Phi) is 23.4. The molecule has 0 bridgehead atoms. The Hall–Kier alpha value is -4.44. The summed E-state index contributed by atoms with van der Waals surface area (Å²) in [5.41, 5.74) is 0.108. The molecule has 5 atom stereocenters. The van der Waals surface area contributed by atoms with Crippen molar-refractivity contribution < 1.29 is 71.4 Å². The molecule has 3 amide bonds. The second-order valence-corrected chi connectivity index (χ2v) is 14.2. The number of hydrogen-bond donors (Lipinski definition) is 3. The summed E-state index contributed by atoms with van der Waals surface area (Å²) in [6.45, 7) is 14.0. The van der Waals surface area contributed by atoms with Crippen molar-refractivity contribution in [1.29, 1.82) is 0 Å². The van der Waals surface area contributed by atoms with Gasteiger partial charge in [0.05, 0.1) is 38.7 Å². The SMILES string of the molecule is CC(=O)N[C@H]1[C@H](OCCCn2cc(CCC(=O)NCCCOCCOCCOCCCNC(=O)OC(C)(C)C)nn2)O[C@H](COC(C)=O)[C@@H](OC(C)=O)[C@@H]1OC(C)=O. The molecule has 2 rings (SSSR count). The number of esters is 3. The first-order valence-electron chi connectivity index (χ1n) is 19.4. The van der Waals surface area contributed by atoms with Crippen LogP contribution in [-0.4, -0.2) is 153 Å². The fourth-order valence-corrected chi connectivity index (χ4v) is 5.37. The number of nitrogens with one attached hydrogen (secondary N) is 3. The summed E-state index contributed by atoms with van der Waals surface area (Å²) < 4.78 is 51.2. The van der Waals surface area contributed by atoms with Crippen LogP contribution in [0.15, 0.2) is 6.20 Å². The average Bonchev–Trinajstić information content (AvgIpc) is 3.58. The lowest BCUT2D eigenvalue weighted by atomic mass is 9.96. The highest BCUT2D eigenvalue weighted by Crippen LogP contribution is 2.28. The number of carbonyl (C=O) groups is 6. The van der Waals surface area contributed by atoms with Gasteiger partial charge in [0.25, 0.3) is 0 Å². The fourth-order valence-electron chi connectivity index (χ4n) is 5.37. The zero-order valence-corrected chi connectivity index (χ0v) is 34.7. The van der Waals surface area contributed by atoms with Gasteiger partial charge in [-0.2, -0.15) is 0 Å². The minimum absolute atomic E-state index is 0.106. The number of aromatic nitrogens is 3. The van der Waals surface area contributed by atoms with Gasteiger partial charge in [0.2, 0.25) is 11.8 Å². The van der Waals surface area contributed by atoms with Crippen molar-refractivity contribution >= 4 is 35.8 Å². The third-order valence-electron chi connectivity index (χ3n) is 7.74. The quantitative estimate of drug-likeness (QED) is 0.0628. The van der Waals surface area contributed by atoms with E-state index in [1.807, 2.05) is 20.8 Å². The second kappa shape index (κ2) is 27.3. The monoisotopic (exact) mass is 830 g/mol. The van der Waals surface area contributed by atoms with Crippen molar-refractivity contribution in [3.05, 3.63) is 11.9 Å². The molecule has 3 N–H and O–H groups in total. The van der Waals surface area contributed by atoms with Gasteiger partial charge in [0.1, 0.15) is 24.4 Å². The lowest BCUT2D eigenvalue weighted by molar-refractivity contribution is -0.278. The van der Waals surface area contributed by atoms with Crippen LogP contribution < -0.4 is 16.0 Å². The molecule has 0 spiro atoms. The molecule has 2 heterocycles. The van der Waals surface area contributed by atoms with Crippen molar-refractivity contribution in [3.63, 3.8) is 0 Å². The minimum atomic E-state index is -1.21. The van der Waals surface area contributed by atoms with Crippen LogP contribution in [0.25, 0.3) is 0 Å². The maximum Gasteiger partial charge on any atom is 0.407 e. The van der Waals surface area contributed by atoms with Crippen LogP contribution in [0.3, 0.4) is 0 Å². The van der Waals surface area contributed by atoms with Crippen LogP contribution in [0.5, 0.6) is 0 Å². The van der Waals surface area contributed by atoms with E-state index in [-0.39, 0.29) is 25.5 Å². The molecule has 0 aliphatic carbocycles. The summed E-state index contributed by atoms with van der Waals surface area (Å²) in [6, 6.07) is -1.06. The summed E-state index contributed by atoms with van der Waals surface area (Å²) in [5.74, 6) is -2.61. The third-order valence-corrected chi connectivity index (χ3v) is 7.74. The van der Waals surface area contributed by atoms with Gasteiger partial charge >= 0.3 is 24.0 Å². The van der Waals surface area contributed by atoms with E-state index in [9.17, 15) is 28.8 Å². The lowest BCUT2D eigenvalue weighted by Gasteiger charge is -2.44. The zero-order valence-electron chi connectivity index (χ0n) is 34.7. The van der Waals surface area contributed by atoms with Crippen molar-refractivity contribution in [2.45, 2.75) is 123 Å². The van der Waals surface area contributed by atoms with Crippen LogP contribution >= 0.6 is 0 Å². The summed E-state index contributed by atoms with van der Waals surface area (Å²) in [4.78, 5) is 71.5. The Balaban J connectivity index is 1.62. The summed E-state index contributed by atoms with van der Waals surface area (Å²) in [7, 11) is 0. The molecule has 1 aromatic heterocycles. The lowest BCUT2D eigenvalue weighted by Crippen LogP contribution is -2.66. The van der Waals surface area contributed by atoms with E-state index in [1.54, 1.807) is 10.9 Å². The molecular formula is C37H62N6O15. The molecule has 1 aromatic rings. The van der Waals surface area contributed by atoms with Gasteiger partial charge in [0, 0.05) is 79.6 Å². The molecule has 0 unspecified atom stereocenters. The summed E-state index contributed by atoms with van der Waals surface area (Å²) in [6.07, 6.45) is -1.01. The molecule has 58 heavy (non-hydrogen) atoms. The number of hydrogen-bond acceptors (Lipinski definition) is 17. The Bertz CT molecular complexity index is 1420. The third kappa shape index (κ3) is 22.5. The Morgan fingerprint density at radius 1 is 0.776 bits per heavy atom. The molecule has 0 aromatic carbocycles.